The number of nitrogens with one attached hydrogen (secondary N) is 1. The van der Waals surface area contributed by atoms with Crippen LogP contribution < -0.4 is 5.32 Å². The highest BCUT2D eigenvalue weighted by atomic mass is 16.3. The predicted octanol–water partition coefficient (Wildman–Crippen LogP) is -0.577. The summed E-state index contributed by atoms with van der Waals surface area (Å²) in [5.41, 5.74) is -0.357. The van der Waals surface area contributed by atoms with Crippen LogP contribution in [0.25, 0.3) is 0 Å². The molecule has 0 saturated carbocycles. The van der Waals surface area contributed by atoms with E-state index < -0.39 is 0 Å². The second-order valence-corrected chi connectivity index (χ2v) is 6.47. The minimum absolute atomic E-state index is 0.00850. The molecule has 0 aromatic carbocycles. The first-order valence-corrected chi connectivity index (χ1v) is 6.85. The molecule has 3 fully saturated rings. The monoisotopic (exact) mass is 283 g/mol. The number of urea groups is 2. The van der Waals surface area contributed by atoms with Crippen molar-refractivity contribution in [3.63, 3.8) is 0 Å². The summed E-state index contributed by atoms with van der Waals surface area (Å²) in [6.45, 7) is 7.22. The lowest BCUT2D eigenvalue weighted by Gasteiger charge is -2.41. The molecule has 3 saturated heterocycles. The van der Waals surface area contributed by atoms with Gasteiger partial charge in [0.1, 0.15) is 6.17 Å². The molecule has 20 heavy (non-hydrogen) atoms. The maximum absolute atomic E-state index is 12.6. The molecule has 3 aliphatic heterocycles. The van der Waals surface area contributed by atoms with Crippen molar-refractivity contribution in [3.05, 3.63) is 0 Å². The minimum Gasteiger partial charge on any atom is -0.395 e. The number of aliphatic hydroxyl groups excluding tert-OH is 1. The van der Waals surface area contributed by atoms with Gasteiger partial charge >= 0.3 is 12.1 Å². The van der Waals surface area contributed by atoms with E-state index in [1.807, 2.05) is 25.7 Å². The summed E-state index contributed by atoms with van der Waals surface area (Å²) in [7, 11) is 0. The highest BCUT2D eigenvalue weighted by Gasteiger charge is 2.59. The van der Waals surface area contributed by atoms with Crippen LogP contribution in [0, 0.1) is 0 Å². The molecule has 8 nitrogen and oxygen atoms in total. The van der Waals surface area contributed by atoms with Crippen molar-refractivity contribution < 1.29 is 14.7 Å². The van der Waals surface area contributed by atoms with E-state index in [2.05, 4.69) is 5.32 Å². The van der Waals surface area contributed by atoms with Crippen molar-refractivity contribution >= 4 is 12.1 Å². The van der Waals surface area contributed by atoms with Crippen molar-refractivity contribution in [1.82, 2.24) is 24.9 Å². The molecule has 0 unspecified atom stereocenters. The highest BCUT2D eigenvalue weighted by molar-refractivity contribution is 5.85. The molecule has 2 atom stereocenters. The second kappa shape index (κ2) is 4.23. The van der Waals surface area contributed by atoms with Crippen molar-refractivity contribution in [2.75, 3.05) is 26.5 Å². The zero-order valence-corrected chi connectivity index (χ0v) is 12.0. The molecule has 0 radical (unpaired) electrons. The van der Waals surface area contributed by atoms with Gasteiger partial charge in [0.05, 0.1) is 19.9 Å². The molecule has 0 spiro atoms. The normalized spacial score (nSPS) is 30.1. The van der Waals surface area contributed by atoms with Crippen molar-refractivity contribution in [2.45, 2.75) is 38.6 Å². The number of amides is 4. The summed E-state index contributed by atoms with van der Waals surface area (Å²) >= 11 is 0. The van der Waals surface area contributed by atoms with Crippen molar-refractivity contribution in [1.29, 1.82) is 0 Å². The first-order valence-electron chi connectivity index (χ1n) is 6.85. The molecule has 4 amide bonds. The molecular weight excluding hydrogens is 262 g/mol. The van der Waals surface area contributed by atoms with Gasteiger partial charge in [0, 0.05) is 12.1 Å². The Morgan fingerprint density at radius 3 is 2.50 bits per heavy atom. The minimum atomic E-state index is -0.357. The lowest BCUT2D eigenvalue weighted by molar-refractivity contribution is -0.0167. The number of carbonyl (C=O) groups is 2. The van der Waals surface area contributed by atoms with Gasteiger partial charge in [-0.25, -0.2) is 9.59 Å². The Morgan fingerprint density at radius 1 is 1.25 bits per heavy atom. The van der Waals surface area contributed by atoms with Crippen LogP contribution in [-0.4, -0.2) is 81.1 Å². The number of aliphatic hydroxyl groups is 1. The zero-order valence-electron chi connectivity index (χ0n) is 12.0. The van der Waals surface area contributed by atoms with E-state index in [1.165, 1.54) is 0 Å². The zero-order chi connectivity index (χ0) is 14.7. The third kappa shape index (κ3) is 1.75. The Morgan fingerprint density at radius 2 is 1.90 bits per heavy atom. The summed E-state index contributed by atoms with van der Waals surface area (Å²) in [5.74, 6) is 0. The molecule has 8 heteroatoms. The van der Waals surface area contributed by atoms with Gasteiger partial charge in [-0.15, -0.1) is 0 Å². The first-order chi connectivity index (χ1) is 9.34. The summed E-state index contributed by atoms with van der Waals surface area (Å²) in [5, 5.41) is 12.0. The van der Waals surface area contributed by atoms with E-state index in [0.717, 1.165) is 0 Å². The van der Waals surface area contributed by atoms with E-state index in [0.29, 0.717) is 19.9 Å². The van der Waals surface area contributed by atoms with Gasteiger partial charge in [-0.3, -0.25) is 19.6 Å². The van der Waals surface area contributed by atoms with E-state index in [9.17, 15) is 9.59 Å². The maximum atomic E-state index is 12.6. The Kier molecular flexibility index (Phi) is 2.84. The van der Waals surface area contributed by atoms with Gasteiger partial charge in [-0.1, -0.05) is 0 Å². The third-order valence-electron chi connectivity index (χ3n) is 4.03. The fraction of sp³-hybridized carbons (Fsp3) is 0.833. The molecule has 0 bridgehead atoms. The quantitative estimate of drug-likeness (QED) is 0.711. The Hall–Kier alpha value is -1.54. The largest absolute Gasteiger partial charge is 0.395 e. The second-order valence-electron chi connectivity index (χ2n) is 6.47. The van der Waals surface area contributed by atoms with Gasteiger partial charge in [0.2, 0.25) is 0 Å². The van der Waals surface area contributed by atoms with Crippen LogP contribution in [0.3, 0.4) is 0 Å². The van der Waals surface area contributed by atoms with Gasteiger partial charge in [-0.05, 0) is 20.8 Å². The number of nitrogens with zero attached hydrogens (tertiary/aromatic N) is 4. The molecule has 0 aromatic rings. The topological polar surface area (TPSA) is 79.4 Å². The lowest BCUT2D eigenvalue weighted by Crippen LogP contribution is -2.60. The Balaban J connectivity index is 1.93. The van der Waals surface area contributed by atoms with E-state index in [-0.39, 0.29) is 36.5 Å². The van der Waals surface area contributed by atoms with Gasteiger partial charge in [0.15, 0.2) is 6.17 Å². The van der Waals surface area contributed by atoms with Gasteiger partial charge < -0.3 is 10.4 Å². The highest BCUT2D eigenvalue weighted by Crippen LogP contribution is 2.36. The molecule has 0 aliphatic carbocycles. The number of rotatable bonds is 2. The van der Waals surface area contributed by atoms with E-state index in [1.54, 1.807) is 14.7 Å². The van der Waals surface area contributed by atoms with Crippen LogP contribution in [0.4, 0.5) is 9.59 Å². The average Bonchev–Trinajstić information content (AvgIpc) is 2.79. The smallest absolute Gasteiger partial charge is 0.325 e. The Labute approximate surface area is 117 Å². The van der Waals surface area contributed by atoms with Gasteiger partial charge in [-0.2, -0.15) is 0 Å². The fourth-order valence-electron chi connectivity index (χ4n) is 3.24. The number of β-amino-alcohol motifs (C(OH)–C–C–N with tert-alkyl or cyclic N) is 1. The summed E-state index contributed by atoms with van der Waals surface area (Å²) in [4.78, 5) is 31.7. The molecule has 112 valence electrons. The number of hydrogen-bond acceptors (Lipinski definition) is 4. The van der Waals surface area contributed by atoms with Crippen LogP contribution in [0.15, 0.2) is 0 Å². The summed E-state index contributed by atoms with van der Waals surface area (Å²) in [6, 6.07) is -0.227. The standard InChI is InChI=1S/C12H21N5O3/c1-12(2,3)17-8-9-15(10(19)13-8)6-14(4-5-18)7-16(9)11(17)20/h8-9,18H,4-7H2,1-3H3,(H,13,19)/t8-,9-/m0/s1. The molecule has 3 rings (SSSR count). The molecule has 3 aliphatic rings. The molecule has 2 N–H and O–H groups in total. The number of hydrogen-bond donors (Lipinski definition) is 2. The Bertz CT molecular complexity index is 449. The molecule has 0 aromatic heterocycles. The van der Waals surface area contributed by atoms with Crippen LogP contribution in [0.1, 0.15) is 20.8 Å². The van der Waals surface area contributed by atoms with E-state index in [4.69, 9.17) is 5.11 Å². The summed E-state index contributed by atoms with van der Waals surface area (Å²) in [6.07, 6.45) is -0.546. The van der Waals surface area contributed by atoms with Crippen LogP contribution >= 0.6 is 0 Å². The molecule has 3 heterocycles. The average molecular weight is 283 g/mol. The SMILES string of the molecule is CC(C)(C)N1C(=O)N2CN(CCO)CN3C(=O)N[C@@H]1[C@@H]32. The van der Waals surface area contributed by atoms with Crippen LogP contribution in [0.2, 0.25) is 0 Å². The maximum Gasteiger partial charge on any atom is 0.325 e. The molecular formula is C12H21N5O3. The predicted molar refractivity (Wildman–Crippen MR) is 70.3 cm³/mol. The van der Waals surface area contributed by atoms with Crippen molar-refractivity contribution in [3.8, 4) is 0 Å². The van der Waals surface area contributed by atoms with Crippen molar-refractivity contribution in [2.24, 2.45) is 0 Å². The summed E-state index contributed by atoms with van der Waals surface area (Å²) < 4.78 is 0. The fourth-order valence-corrected chi connectivity index (χ4v) is 3.24. The number of carbonyl (C=O) groups excluding carboxylic acids is 2. The van der Waals surface area contributed by atoms with Crippen LogP contribution in [-0.2, 0) is 0 Å². The van der Waals surface area contributed by atoms with E-state index >= 15 is 0 Å². The van der Waals surface area contributed by atoms with Crippen LogP contribution in [0.5, 0.6) is 0 Å². The first kappa shape index (κ1) is 13.4. The third-order valence-corrected chi connectivity index (χ3v) is 4.03. The lowest BCUT2D eigenvalue weighted by atomic mass is 10.1. The van der Waals surface area contributed by atoms with Gasteiger partial charge in [0.25, 0.3) is 0 Å².